The van der Waals surface area contributed by atoms with Crippen molar-refractivity contribution in [3.05, 3.63) is 28.2 Å². The van der Waals surface area contributed by atoms with Gasteiger partial charge in [-0.15, -0.1) is 0 Å². The predicted octanol–water partition coefficient (Wildman–Crippen LogP) is 3.04. The Morgan fingerprint density at radius 2 is 2.13 bits per heavy atom. The maximum atomic E-state index is 8.88. The molecule has 1 aromatic rings. The summed E-state index contributed by atoms with van der Waals surface area (Å²) in [6, 6.07) is 9.71. The van der Waals surface area contributed by atoms with Crippen LogP contribution in [0, 0.1) is 22.7 Å². The summed E-state index contributed by atoms with van der Waals surface area (Å²) in [5.74, 6) is 0. The van der Waals surface area contributed by atoms with Gasteiger partial charge in [0, 0.05) is 17.4 Å². The second-order valence-electron chi connectivity index (χ2n) is 2.99. The molecule has 0 fully saturated rings. The molecule has 1 rings (SSSR count). The Bertz CT molecular complexity index is 415. The van der Waals surface area contributed by atoms with Crippen LogP contribution < -0.4 is 5.32 Å². The number of nitrogens with zero attached hydrogens (tertiary/aromatic N) is 2. The van der Waals surface area contributed by atoms with Gasteiger partial charge in [-0.05, 0) is 24.6 Å². The van der Waals surface area contributed by atoms with Crippen LogP contribution in [-0.2, 0) is 0 Å². The highest BCUT2D eigenvalue weighted by Gasteiger charge is 2.01. The number of unbranched alkanes of at least 4 members (excludes halogenated alkanes) is 1. The molecular formula is C11H10BrN3. The second kappa shape index (κ2) is 6.06. The van der Waals surface area contributed by atoms with E-state index in [-0.39, 0.29) is 0 Å². The molecule has 4 heteroatoms. The van der Waals surface area contributed by atoms with E-state index in [1.807, 2.05) is 12.1 Å². The van der Waals surface area contributed by atoms with Gasteiger partial charge in [-0.2, -0.15) is 10.5 Å². The quantitative estimate of drug-likeness (QED) is 0.850. The van der Waals surface area contributed by atoms with E-state index in [0.29, 0.717) is 18.5 Å². The smallest absolute Gasteiger partial charge is 0.101 e. The van der Waals surface area contributed by atoms with E-state index in [0.717, 1.165) is 16.6 Å². The first-order valence-corrected chi connectivity index (χ1v) is 5.37. The zero-order valence-corrected chi connectivity index (χ0v) is 9.71. The van der Waals surface area contributed by atoms with Gasteiger partial charge in [-0.25, -0.2) is 0 Å². The summed E-state index contributed by atoms with van der Waals surface area (Å²) >= 11 is 3.31. The van der Waals surface area contributed by atoms with Crippen molar-refractivity contribution in [2.45, 2.75) is 12.8 Å². The van der Waals surface area contributed by atoms with Crippen molar-refractivity contribution in [2.75, 3.05) is 11.9 Å². The molecule has 0 unspecified atom stereocenters. The summed E-state index contributed by atoms with van der Waals surface area (Å²) < 4.78 is 0.890. The molecule has 0 atom stereocenters. The van der Waals surface area contributed by atoms with Crippen LogP contribution in [0.2, 0.25) is 0 Å². The molecule has 0 aromatic heterocycles. The van der Waals surface area contributed by atoms with E-state index in [9.17, 15) is 0 Å². The van der Waals surface area contributed by atoms with Crippen molar-refractivity contribution in [1.82, 2.24) is 0 Å². The van der Waals surface area contributed by atoms with Gasteiger partial charge in [0.2, 0.25) is 0 Å². The van der Waals surface area contributed by atoms with Crippen LogP contribution in [-0.4, -0.2) is 6.54 Å². The zero-order chi connectivity index (χ0) is 11.1. The van der Waals surface area contributed by atoms with Gasteiger partial charge in [-0.3, -0.25) is 0 Å². The standard InChI is InChI=1S/C11H10BrN3/c12-10-3-4-11(9(7-10)8-14)15-6-2-1-5-13/h3-4,7,15H,1-2,6H2. The summed E-state index contributed by atoms with van der Waals surface area (Å²) in [5, 5.41) is 20.4. The third-order valence-electron chi connectivity index (χ3n) is 1.88. The van der Waals surface area contributed by atoms with Crippen molar-refractivity contribution in [3.8, 4) is 12.1 Å². The first kappa shape index (κ1) is 11.6. The Balaban J connectivity index is 2.62. The molecule has 0 bridgehead atoms. The van der Waals surface area contributed by atoms with Crippen LogP contribution in [0.25, 0.3) is 0 Å². The van der Waals surface area contributed by atoms with Gasteiger partial charge in [-0.1, -0.05) is 15.9 Å². The average molecular weight is 264 g/mol. The lowest BCUT2D eigenvalue weighted by atomic mass is 10.2. The van der Waals surface area contributed by atoms with Crippen LogP contribution >= 0.6 is 15.9 Å². The highest BCUT2D eigenvalue weighted by atomic mass is 79.9. The van der Waals surface area contributed by atoms with Crippen molar-refractivity contribution >= 4 is 21.6 Å². The van der Waals surface area contributed by atoms with Crippen molar-refractivity contribution < 1.29 is 0 Å². The van der Waals surface area contributed by atoms with Gasteiger partial charge in [0.25, 0.3) is 0 Å². The van der Waals surface area contributed by atoms with Crippen molar-refractivity contribution in [1.29, 1.82) is 10.5 Å². The van der Waals surface area contributed by atoms with Gasteiger partial charge < -0.3 is 5.32 Å². The third kappa shape index (κ3) is 3.61. The number of halogens is 1. The lowest BCUT2D eigenvalue weighted by molar-refractivity contribution is 0.897. The van der Waals surface area contributed by atoms with Crippen LogP contribution in [0.1, 0.15) is 18.4 Å². The molecule has 15 heavy (non-hydrogen) atoms. The molecule has 1 aromatic carbocycles. The summed E-state index contributed by atoms with van der Waals surface area (Å²) in [6.45, 7) is 0.712. The Hall–Kier alpha value is -1.52. The van der Waals surface area contributed by atoms with E-state index >= 15 is 0 Å². The minimum Gasteiger partial charge on any atom is -0.384 e. The highest BCUT2D eigenvalue weighted by molar-refractivity contribution is 9.10. The monoisotopic (exact) mass is 263 g/mol. The molecule has 76 valence electrons. The Kier molecular flexibility index (Phi) is 4.66. The van der Waals surface area contributed by atoms with E-state index in [1.165, 1.54) is 0 Å². The van der Waals surface area contributed by atoms with Crippen LogP contribution in [0.5, 0.6) is 0 Å². The van der Waals surface area contributed by atoms with Crippen molar-refractivity contribution in [3.63, 3.8) is 0 Å². The number of nitrogens with one attached hydrogen (secondary N) is 1. The third-order valence-corrected chi connectivity index (χ3v) is 2.38. The number of nitriles is 2. The lowest BCUT2D eigenvalue weighted by Crippen LogP contribution is -2.02. The van der Waals surface area contributed by atoms with Crippen LogP contribution in [0.3, 0.4) is 0 Å². The van der Waals surface area contributed by atoms with E-state index in [1.54, 1.807) is 6.07 Å². The Morgan fingerprint density at radius 1 is 1.33 bits per heavy atom. The SMILES string of the molecule is N#CCCCNc1ccc(Br)cc1C#N. The maximum absolute atomic E-state index is 8.88. The molecular weight excluding hydrogens is 254 g/mol. The second-order valence-corrected chi connectivity index (χ2v) is 3.91. The summed E-state index contributed by atoms with van der Waals surface area (Å²) in [7, 11) is 0. The molecule has 0 spiro atoms. The van der Waals surface area contributed by atoms with Gasteiger partial charge >= 0.3 is 0 Å². The molecule has 0 amide bonds. The summed E-state index contributed by atoms with van der Waals surface area (Å²) in [4.78, 5) is 0. The molecule has 0 radical (unpaired) electrons. The first-order valence-electron chi connectivity index (χ1n) is 4.58. The number of hydrogen-bond acceptors (Lipinski definition) is 3. The van der Waals surface area contributed by atoms with Crippen molar-refractivity contribution in [2.24, 2.45) is 0 Å². The average Bonchev–Trinajstić information content (AvgIpc) is 2.26. The Labute approximate surface area is 97.5 Å². The fraction of sp³-hybridized carbons (Fsp3) is 0.273. The number of hydrogen-bond donors (Lipinski definition) is 1. The van der Waals surface area contributed by atoms with Gasteiger partial charge in [0.15, 0.2) is 0 Å². The highest BCUT2D eigenvalue weighted by Crippen LogP contribution is 2.20. The molecule has 3 nitrogen and oxygen atoms in total. The maximum Gasteiger partial charge on any atom is 0.101 e. The summed E-state index contributed by atoms with van der Waals surface area (Å²) in [5.41, 5.74) is 1.43. The number of benzene rings is 1. The number of rotatable bonds is 4. The molecule has 0 saturated heterocycles. The lowest BCUT2D eigenvalue weighted by Gasteiger charge is -2.06. The topological polar surface area (TPSA) is 59.6 Å². The molecule has 0 saturated carbocycles. The van der Waals surface area contributed by atoms with Crippen LogP contribution in [0.15, 0.2) is 22.7 Å². The largest absolute Gasteiger partial charge is 0.384 e. The van der Waals surface area contributed by atoms with Crippen LogP contribution in [0.4, 0.5) is 5.69 Å². The molecule has 1 N–H and O–H groups in total. The molecule has 0 aliphatic rings. The van der Waals surface area contributed by atoms with E-state index < -0.39 is 0 Å². The zero-order valence-electron chi connectivity index (χ0n) is 8.13. The normalized spacial score (nSPS) is 9.00. The Morgan fingerprint density at radius 3 is 2.80 bits per heavy atom. The first-order chi connectivity index (χ1) is 7.27. The molecule has 0 heterocycles. The summed E-state index contributed by atoms with van der Waals surface area (Å²) in [6.07, 6.45) is 1.32. The fourth-order valence-corrected chi connectivity index (χ4v) is 1.51. The van der Waals surface area contributed by atoms with Gasteiger partial charge in [0.1, 0.15) is 6.07 Å². The minimum absolute atomic E-state index is 0.533. The van der Waals surface area contributed by atoms with Gasteiger partial charge in [0.05, 0.1) is 17.3 Å². The fourth-order valence-electron chi connectivity index (χ4n) is 1.15. The molecule has 0 aliphatic heterocycles. The van der Waals surface area contributed by atoms with E-state index in [2.05, 4.69) is 33.4 Å². The molecule has 0 aliphatic carbocycles. The predicted molar refractivity (Wildman–Crippen MR) is 62.2 cm³/mol. The van der Waals surface area contributed by atoms with E-state index in [4.69, 9.17) is 10.5 Å². The number of anilines is 1. The minimum atomic E-state index is 0.533.